The maximum atomic E-state index is 5.61. The summed E-state index contributed by atoms with van der Waals surface area (Å²) in [5.74, 6) is 5.61. The van der Waals surface area contributed by atoms with Crippen LogP contribution >= 0.6 is 0 Å². The minimum atomic E-state index is 0.347. The van der Waals surface area contributed by atoms with Crippen molar-refractivity contribution >= 4 is 0 Å². The van der Waals surface area contributed by atoms with E-state index in [4.69, 9.17) is 5.84 Å². The van der Waals surface area contributed by atoms with Crippen LogP contribution in [0.5, 0.6) is 0 Å². The van der Waals surface area contributed by atoms with E-state index in [1.54, 1.807) is 0 Å². The Morgan fingerprint density at radius 3 is 2.47 bits per heavy atom. The SMILES string of the molecule is Cc1ccc(CC(CCN(C)C)NN)cc1C. The van der Waals surface area contributed by atoms with Gasteiger partial charge in [0.05, 0.1) is 0 Å². The molecule has 0 spiro atoms. The molecule has 0 radical (unpaired) electrons. The monoisotopic (exact) mass is 235 g/mol. The Kier molecular flexibility index (Phi) is 5.62. The summed E-state index contributed by atoms with van der Waals surface area (Å²) >= 11 is 0. The van der Waals surface area contributed by atoms with Crippen LogP contribution < -0.4 is 11.3 Å². The largest absolute Gasteiger partial charge is 0.309 e. The van der Waals surface area contributed by atoms with Crippen LogP contribution in [0.25, 0.3) is 0 Å². The Labute approximate surface area is 105 Å². The lowest BCUT2D eigenvalue weighted by atomic mass is 9.99. The predicted octanol–water partition coefficient (Wildman–Crippen LogP) is 1.63. The Hall–Kier alpha value is -0.900. The first-order valence-corrected chi connectivity index (χ1v) is 6.20. The van der Waals surface area contributed by atoms with E-state index in [0.717, 1.165) is 19.4 Å². The lowest BCUT2D eigenvalue weighted by Crippen LogP contribution is -2.38. The van der Waals surface area contributed by atoms with Gasteiger partial charge in [-0.25, -0.2) is 0 Å². The van der Waals surface area contributed by atoms with Gasteiger partial charge < -0.3 is 4.90 Å². The third-order valence-corrected chi connectivity index (χ3v) is 3.21. The number of hydrazine groups is 1. The van der Waals surface area contributed by atoms with Gasteiger partial charge in [0.1, 0.15) is 0 Å². The third-order valence-electron chi connectivity index (χ3n) is 3.21. The van der Waals surface area contributed by atoms with Crippen molar-refractivity contribution in [3.8, 4) is 0 Å². The lowest BCUT2D eigenvalue weighted by molar-refractivity contribution is 0.358. The third kappa shape index (κ3) is 4.86. The van der Waals surface area contributed by atoms with Gasteiger partial charge in [-0.05, 0) is 64.0 Å². The summed E-state index contributed by atoms with van der Waals surface area (Å²) in [5.41, 5.74) is 6.97. The number of nitrogens with one attached hydrogen (secondary N) is 1. The molecule has 0 fully saturated rings. The lowest BCUT2D eigenvalue weighted by Gasteiger charge is -2.19. The van der Waals surface area contributed by atoms with Gasteiger partial charge in [0, 0.05) is 6.04 Å². The highest BCUT2D eigenvalue weighted by Gasteiger charge is 2.08. The van der Waals surface area contributed by atoms with Crippen molar-refractivity contribution in [1.29, 1.82) is 0 Å². The topological polar surface area (TPSA) is 41.3 Å². The molecule has 0 bridgehead atoms. The first-order chi connectivity index (χ1) is 8.02. The second-order valence-electron chi connectivity index (χ2n) is 5.08. The average Bonchev–Trinajstić information content (AvgIpc) is 2.28. The van der Waals surface area contributed by atoms with Crippen LogP contribution in [0.1, 0.15) is 23.1 Å². The van der Waals surface area contributed by atoms with Gasteiger partial charge >= 0.3 is 0 Å². The predicted molar refractivity (Wildman–Crippen MR) is 73.9 cm³/mol. The molecule has 1 aromatic carbocycles. The van der Waals surface area contributed by atoms with E-state index in [9.17, 15) is 0 Å². The van der Waals surface area contributed by atoms with Crippen molar-refractivity contribution in [3.05, 3.63) is 34.9 Å². The second kappa shape index (κ2) is 6.74. The minimum absolute atomic E-state index is 0.347. The van der Waals surface area contributed by atoms with E-state index in [1.807, 2.05) is 0 Å². The van der Waals surface area contributed by atoms with E-state index < -0.39 is 0 Å². The van der Waals surface area contributed by atoms with Crippen molar-refractivity contribution in [3.63, 3.8) is 0 Å². The second-order valence-corrected chi connectivity index (χ2v) is 5.08. The van der Waals surface area contributed by atoms with Crippen LogP contribution in [0, 0.1) is 13.8 Å². The standard InChI is InChI=1S/C14H25N3/c1-11-5-6-13(9-12(11)2)10-14(16-15)7-8-17(3)4/h5-6,9,14,16H,7-8,10,15H2,1-4H3. The number of nitrogens with zero attached hydrogens (tertiary/aromatic N) is 1. The van der Waals surface area contributed by atoms with Crippen molar-refractivity contribution in [2.75, 3.05) is 20.6 Å². The molecule has 96 valence electrons. The van der Waals surface area contributed by atoms with Gasteiger partial charge in [0.2, 0.25) is 0 Å². The smallest absolute Gasteiger partial charge is 0.0263 e. The minimum Gasteiger partial charge on any atom is -0.309 e. The van der Waals surface area contributed by atoms with Crippen LogP contribution in [-0.4, -0.2) is 31.6 Å². The molecule has 0 aliphatic heterocycles. The summed E-state index contributed by atoms with van der Waals surface area (Å²) in [7, 11) is 4.17. The molecule has 3 N–H and O–H groups in total. The molecule has 3 heteroatoms. The maximum absolute atomic E-state index is 5.61. The van der Waals surface area contributed by atoms with Gasteiger partial charge in [-0.15, -0.1) is 0 Å². The van der Waals surface area contributed by atoms with Crippen molar-refractivity contribution < 1.29 is 0 Å². The molecule has 1 unspecified atom stereocenters. The molecule has 1 rings (SSSR count). The molecule has 0 aliphatic carbocycles. The Morgan fingerprint density at radius 2 is 1.94 bits per heavy atom. The Balaban J connectivity index is 2.57. The fourth-order valence-electron chi connectivity index (χ4n) is 1.87. The Bertz CT molecular complexity index is 347. The molecule has 1 aromatic rings. The molecular formula is C14H25N3. The molecule has 0 saturated heterocycles. The summed E-state index contributed by atoms with van der Waals surface area (Å²) in [6, 6.07) is 6.99. The maximum Gasteiger partial charge on any atom is 0.0263 e. The van der Waals surface area contributed by atoms with E-state index in [0.29, 0.717) is 6.04 Å². The molecule has 1 atom stereocenters. The van der Waals surface area contributed by atoms with E-state index >= 15 is 0 Å². The number of rotatable bonds is 6. The van der Waals surface area contributed by atoms with Crippen LogP contribution in [0.3, 0.4) is 0 Å². The molecule has 0 heterocycles. The van der Waals surface area contributed by atoms with Crippen molar-refractivity contribution in [2.24, 2.45) is 5.84 Å². The summed E-state index contributed by atoms with van der Waals surface area (Å²) in [6.45, 7) is 5.35. The molecule has 0 saturated carbocycles. The molecule has 17 heavy (non-hydrogen) atoms. The van der Waals surface area contributed by atoms with Crippen LogP contribution in [0.4, 0.5) is 0 Å². The number of benzene rings is 1. The van der Waals surface area contributed by atoms with Gasteiger partial charge in [0.15, 0.2) is 0 Å². The number of hydrogen-bond acceptors (Lipinski definition) is 3. The zero-order chi connectivity index (χ0) is 12.8. The number of aryl methyl sites for hydroxylation is 2. The fraction of sp³-hybridized carbons (Fsp3) is 0.571. The van der Waals surface area contributed by atoms with Crippen LogP contribution in [0.2, 0.25) is 0 Å². The highest BCUT2D eigenvalue weighted by atomic mass is 15.2. The number of hydrogen-bond donors (Lipinski definition) is 2. The van der Waals surface area contributed by atoms with Crippen molar-refractivity contribution in [1.82, 2.24) is 10.3 Å². The fourth-order valence-corrected chi connectivity index (χ4v) is 1.87. The van der Waals surface area contributed by atoms with Gasteiger partial charge in [-0.1, -0.05) is 18.2 Å². The summed E-state index contributed by atoms with van der Waals surface area (Å²) in [5, 5.41) is 0. The van der Waals surface area contributed by atoms with E-state index in [-0.39, 0.29) is 0 Å². The van der Waals surface area contributed by atoms with E-state index in [1.165, 1.54) is 16.7 Å². The van der Waals surface area contributed by atoms with Crippen LogP contribution in [0.15, 0.2) is 18.2 Å². The summed E-state index contributed by atoms with van der Waals surface area (Å²) < 4.78 is 0. The first kappa shape index (κ1) is 14.2. The molecular weight excluding hydrogens is 210 g/mol. The normalized spacial score (nSPS) is 13.1. The van der Waals surface area contributed by atoms with Gasteiger partial charge in [0.25, 0.3) is 0 Å². The number of nitrogens with two attached hydrogens (primary N) is 1. The highest BCUT2D eigenvalue weighted by Crippen LogP contribution is 2.12. The molecule has 0 aromatic heterocycles. The highest BCUT2D eigenvalue weighted by molar-refractivity contribution is 5.30. The molecule has 0 amide bonds. The molecule has 0 aliphatic rings. The van der Waals surface area contributed by atoms with Gasteiger partial charge in [-0.3, -0.25) is 11.3 Å². The van der Waals surface area contributed by atoms with E-state index in [2.05, 4.69) is 56.5 Å². The summed E-state index contributed by atoms with van der Waals surface area (Å²) in [4.78, 5) is 2.19. The summed E-state index contributed by atoms with van der Waals surface area (Å²) in [6.07, 6.45) is 2.06. The Morgan fingerprint density at radius 1 is 1.24 bits per heavy atom. The van der Waals surface area contributed by atoms with Gasteiger partial charge in [-0.2, -0.15) is 0 Å². The zero-order valence-corrected chi connectivity index (χ0v) is 11.5. The molecule has 3 nitrogen and oxygen atoms in total. The zero-order valence-electron chi connectivity index (χ0n) is 11.5. The van der Waals surface area contributed by atoms with Crippen LogP contribution in [-0.2, 0) is 6.42 Å². The van der Waals surface area contributed by atoms with Crippen molar-refractivity contribution in [2.45, 2.75) is 32.7 Å². The quantitative estimate of drug-likeness (QED) is 0.581. The average molecular weight is 235 g/mol. The first-order valence-electron chi connectivity index (χ1n) is 6.20.